The van der Waals surface area contributed by atoms with Crippen LogP contribution in [-0.2, 0) is 18.0 Å². The number of ether oxygens (including phenoxy) is 2. The standard InChI is InChI=1S/C8H12O8P2.C8H10O2/c9-17(10,11)16-18(12,13)15-7-6-14-8-4-2-1-3-5-8;9-6-7-10-8-4-2-1-3-5-8/h1-5H,6-7H2,(H,12,13)(H2,9,10,11);1-5,9H,6-7H2. The lowest BCUT2D eigenvalue weighted by Crippen LogP contribution is -2.06. The van der Waals surface area contributed by atoms with E-state index in [4.69, 9.17) is 29.3 Å². The first-order valence-electron chi connectivity index (χ1n) is 7.92. The first kappa shape index (κ1) is 24.3. The number of hydrogen-bond acceptors (Lipinski definition) is 7. The van der Waals surface area contributed by atoms with Crippen LogP contribution >= 0.6 is 15.6 Å². The molecule has 2 aromatic carbocycles. The highest BCUT2D eigenvalue weighted by Crippen LogP contribution is 2.57. The van der Waals surface area contributed by atoms with Crippen molar-refractivity contribution in [1.82, 2.24) is 0 Å². The highest BCUT2D eigenvalue weighted by Gasteiger charge is 2.32. The molecular weight excluding hydrogens is 414 g/mol. The summed E-state index contributed by atoms with van der Waals surface area (Å²) in [6, 6.07) is 18.0. The molecule has 0 amide bonds. The van der Waals surface area contributed by atoms with E-state index >= 15 is 0 Å². The summed E-state index contributed by atoms with van der Waals surface area (Å²) in [7, 11) is -9.85. The number of hydrogen-bond donors (Lipinski definition) is 4. The van der Waals surface area contributed by atoms with Crippen molar-refractivity contribution in [2.45, 2.75) is 0 Å². The van der Waals surface area contributed by atoms with Crippen molar-refractivity contribution in [3.05, 3.63) is 60.7 Å². The molecule has 28 heavy (non-hydrogen) atoms. The third-order valence-corrected chi connectivity index (χ3v) is 4.85. The van der Waals surface area contributed by atoms with Gasteiger partial charge in [-0.1, -0.05) is 36.4 Å². The normalized spacial score (nSPS) is 13.0. The molecule has 0 fully saturated rings. The summed E-state index contributed by atoms with van der Waals surface area (Å²) in [6.07, 6.45) is 0. The Labute approximate surface area is 162 Å². The van der Waals surface area contributed by atoms with Crippen LogP contribution in [0.15, 0.2) is 60.7 Å². The van der Waals surface area contributed by atoms with Gasteiger partial charge in [-0.2, -0.15) is 4.31 Å². The molecule has 12 heteroatoms. The molecule has 0 bridgehead atoms. The maximum atomic E-state index is 11.0. The SMILES string of the molecule is O=P(O)(O)OP(=O)(O)OCCOc1ccccc1.OCCOc1ccccc1. The first-order valence-corrected chi connectivity index (χ1v) is 11.0. The van der Waals surface area contributed by atoms with E-state index in [1.54, 1.807) is 30.3 Å². The van der Waals surface area contributed by atoms with Crippen LogP contribution in [0, 0.1) is 0 Å². The zero-order chi connectivity index (χ0) is 20.9. The smallest absolute Gasteiger partial charge is 0.481 e. The molecule has 0 aliphatic carbocycles. The Morgan fingerprint density at radius 1 is 0.714 bits per heavy atom. The highest BCUT2D eigenvalue weighted by atomic mass is 31.3. The molecular formula is C16H22O10P2. The van der Waals surface area contributed by atoms with Gasteiger partial charge in [-0.05, 0) is 24.3 Å². The second kappa shape index (κ2) is 12.7. The van der Waals surface area contributed by atoms with E-state index in [-0.39, 0.29) is 19.8 Å². The van der Waals surface area contributed by atoms with Gasteiger partial charge < -0.3 is 29.3 Å². The molecule has 0 spiro atoms. The molecule has 4 N–H and O–H groups in total. The van der Waals surface area contributed by atoms with Crippen molar-refractivity contribution < 1.29 is 47.2 Å². The highest BCUT2D eigenvalue weighted by molar-refractivity contribution is 7.60. The average Bonchev–Trinajstić information content (AvgIpc) is 2.64. The van der Waals surface area contributed by atoms with Gasteiger partial charge in [0.05, 0.1) is 13.2 Å². The number of phosphoric ester groups is 1. The van der Waals surface area contributed by atoms with Crippen molar-refractivity contribution in [3.63, 3.8) is 0 Å². The molecule has 10 nitrogen and oxygen atoms in total. The topological polar surface area (TPSA) is 152 Å². The van der Waals surface area contributed by atoms with Gasteiger partial charge in [0, 0.05) is 0 Å². The van der Waals surface area contributed by atoms with Crippen molar-refractivity contribution in [2.24, 2.45) is 0 Å². The number of aliphatic hydroxyl groups excluding tert-OH is 1. The number of aliphatic hydroxyl groups is 1. The minimum absolute atomic E-state index is 0.0644. The van der Waals surface area contributed by atoms with E-state index in [1.165, 1.54) is 0 Å². The molecule has 1 atom stereocenters. The van der Waals surface area contributed by atoms with Gasteiger partial charge >= 0.3 is 15.6 Å². The van der Waals surface area contributed by atoms with Gasteiger partial charge in [-0.3, -0.25) is 4.52 Å². The van der Waals surface area contributed by atoms with Crippen molar-refractivity contribution in [1.29, 1.82) is 0 Å². The van der Waals surface area contributed by atoms with Crippen molar-refractivity contribution >= 4 is 15.6 Å². The summed E-state index contributed by atoms with van der Waals surface area (Å²) in [5, 5.41) is 8.40. The molecule has 0 saturated heterocycles. The Balaban J connectivity index is 0.000000330. The van der Waals surface area contributed by atoms with Crippen LogP contribution in [0.2, 0.25) is 0 Å². The molecule has 0 heterocycles. The van der Waals surface area contributed by atoms with Gasteiger partial charge in [0.15, 0.2) is 0 Å². The van der Waals surface area contributed by atoms with E-state index in [0.717, 1.165) is 5.75 Å². The zero-order valence-electron chi connectivity index (χ0n) is 14.7. The molecule has 0 aromatic heterocycles. The predicted molar refractivity (Wildman–Crippen MR) is 99.9 cm³/mol. The molecule has 2 aromatic rings. The maximum absolute atomic E-state index is 11.0. The van der Waals surface area contributed by atoms with Crippen LogP contribution < -0.4 is 9.47 Å². The van der Waals surface area contributed by atoms with Gasteiger partial charge in [-0.25, -0.2) is 9.13 Å². The van der Waals surface area contributed by atoms with E-state index in [0.29, 0.717) is 12.4 Å². The van der Waals surface area contributed by atoms with E-state index in [9.17, 15) is 9.13 Å². The molecule has 2 rings (SSSR count). The van der Waals surface area contributed by atoms with E-state index in [2.05, 4.69) is 8.83 Å². The first-order chi connectivity index (χ1) is 13.2. The van der Waals surface area contributed by atoms with Crippen molar-refractivity contribution in [2.75, 3.05) is 26.4 Å². The summed E-state index contributed by atoms with van der Waals surface area (Å²) in [5.74, 6) is 1.33. The number of phosphoric acid groups is 2. The lowest BCUT2D eigenvalue weighted by molar-refractivity contribution is 0.151. The summed E-state index contributed by atoms with van der Waals surface area (Å²) in [4.78, 5) is 25.6. The van der Waals surface area contributed by atoms with Crippen LogP contribution in [0.25, 0.3) is 0 Å². The van der Waals surface area contributed by atoms with Gasteiger partial charge in [0.25, 0.3) is 0 Å². The average molecular weight is 436 g/mol. The summed E-state index contributed by atoms with van der Waals surface area (Å²) in [5.41, 5.74) is 0. The molecule has 0 saturated carbocycles. The summed E-state index contributed by atoms with van der Waals surface area (Å²) < 4.78 is 39.4. The van der Waals surface area contributed by atoms with E-state index in [1.807, 2.05) is 30.3 Å². The Morgan fingerprint density at radius 2 is 1.18 bits per heavy atom. The predicted octanol–water partition coefficient (Wildman–Crippen LogP) is 2.35. The third-order valence-electron chi connectivity index (χ3n) is 2.66. The number of rotatable bonds is 10. The van der Waals surface area contributed by atoms with Gasteiger partial charge in [0.1, 0.15) is 24.7 Å². The monoisotopic (exact) mass is 436 g/mol. The van der Waals surface area contributed by atoms with Gasteiger partial charge in [0.2, 0.25) is 0 Å². The lowest BCUT2D eigenvalue weighted by atomic mass is 10.3. The Hall–Kier alpha value is -1.74. The second-order valence-electron chi connectivity index (χ2n) is 4.92. The zero-order valence-corrected chi connectivity index (χ0v) is 16.5. The minimum atomic E-state index is -5.07. The molecule has 0 radical (unpaired) electrons. The number of benzene rings is 2. The Bertz CT molecular complexity index is 751. The fourth-order valence-electron chi connectivity index (χ4n) is 1.67. The third kappa shape index (κ3) is 12.6. The molecule has 0 aliphatic rings. The summed E-state index contributed by atoms with van der Waals surface area (Å²) in [6.45, 7) is 0.000656. The van der Waals surface area contributed by atoms with Crippen molar-refractivity contribution in [3.8, 4) is 11.5 Å². The molecule has 0 aliphatic heterocycles. The summed E-state index contributed by atoms with van der Waals surface area (Å²) >= 11 is 0. The Morgan fingerprint density at radius 3 is 1.61 bits per heavy atom. The fourth-order valence-corrected chi connectivity index (χ4v) is 3.24. The van der Waals surface area contributed by atoms with Crippen LogP contribution in [0.1, 0.15) is 0 Å². The molecule has 156 valence electrons. The van der Waals surface area contributed by atoms with E-state index < -0.39 is 15.6 Å². The quantitative estimate of drug-likeness (QED) is 0.323. The largest absolute Gasteiger partial charge is 0.491 e. The van der Waals surface area contributed by atoms with Crippen LogP contribution in [0.5, 0.6) is 11.5 Å². The number of para-hydroxylation sites is 2. The fraction of sp³-hybridized carbons (Fsp3) is 0.250. The Kier molecular flexibility index (Phi) is 11.0. The van der Waals surface area contributed by atoms with Crippen LogP contribution in [0.4, 0.5) is 0 Å². The minimum Gasteiger partial charge on any atom is -0.491 e. The maximum Gasteiger partial charge on any atom is 0.481 e. The van der Waals surface area contributed by atoms with Crippen LogP contribution in [0.3, 0.4) is 0 Å². The lowest BCUT2D eigenvalue weighted by Gasteiger charge is -2.12. The van der Waals surface area contributed by atoms with Crippen LogP contribution in [-0.4, -0.2) is 46.2 Å². The van der Waals surface area contributed by atoms with Gasteiger partial charge in [-0.15, -0.1) is 0 Å². The molecule has 1 unspecified atom stereocenters. The second-order valence-corrected chi connectivity index (χ2v) is 7.75.